The number of amides is 2. The molecule has 1 heterocycles. The largest absolute Gasteiger partial charge is 0.412 e. The van der Waals surface area contributed by atoms with Crippen LogP contribution in [0, 0.1) is 11.3 Å². The summed E-state index contributed by atoms with van der Waals surface area (Å²) >= 11 is 0. The number of hydrazine groups is 1. The lowest BCUT2D eigenvalue weighted by molar-refractivity contribution is -0.133. The van der Waals surface area contributed by atoms with Gasteiger partial charge in [0.2, 0.25) is 0 Å². The Bertz CT molecular complexity index is 1410. The molecule has 9 nitrogen and oxygen atoms in total. The van der Waals surface area contributed by atoms with Crippen LogP contribution in [0.1, 0.15) is 94.6 Å². The number of allylic oxidation sites excluding steroid dienone is 5. The molecule has 3 aliphatic rings. The number of rotatable bonds is 9. The Morgan fingerprint density at radius 2 is 1.84 bits per heavy atom. The molecule has 1 fully saturated rings. The van der Waals surface area contributed by atoms with E-state index in [1.807, 2.05) is 24.0 Å². The molecule has 45 heavy (non-hydrogen) atoms. The Hall–Kier alpha value is -3.93. The first kappa shape index (κ1) is 34.0. The number of hydrogen-bond acceptors (Lipinski definition) is 6. The van der Waals surface area contributed by atoms with Gasteiger partial charge >= 0.3 is 6.18 Å². The van der Waals surface area contributed by atoms with E-state index in [2.05, 4.69) is 36.7 Å². The van der Waals surface area contributed by atoms with Crippen LogP contribution >= 0.6 is 0 Å². The van der Waals surface area contributed by atoms with Gasteiger partial charge in [-0.15, -0.1) is 0 Å². The minimum Gasteiger partial charge on any atom is -0.384 e. The number of nitrogens with two attached hydrogens (primary N) is 2. The third-order valence-electron chi connectivity index (χ3n) is 9.02. The van der Waals surface area contributed by atoms with Crippen molar-refractivity contribution in [2.24, 2.45) is 33.0 Å². The fourth-order valence-electron chi connectivity index (χ4n) is 6.51. The average Bonchev–Trinajstić information content (AvgIpc) is 3.12. The fourth-order valence-corrected chi connectivity index (χ4v) is 6.51. The molecule has 0 bridgehead atoms. The van der Waals surface area contributed by atoms with Gasteiger partial charge in [0.1, 0.15) is 17.2 Å². The minimum atomic E-state index is -4.45. The second-order valence-electron chi connectivity index (χ2n) is 13.0. The number of aliphatic imine (C=N–C) groups is 1. The van der Waals surface area contributed by atoms with Crippen LogP contribution < -0.4 is 22.4 Å². The highest BCUT2D eigenvalue weighted by atomic mass is 19.4. The van der Waals surface area contributed by atoms with Crippen molar-refractivity contribution in [2.75, 3.05) is 6.54 Å². The predicted molar refractivity (Wildman–Crippen MR) is 170 cm³/mol. The number of halogens is 3. The number of benzene rings is 1. The first-order valence-corrected chi connectivity index (χ1v) is 15.4. The number of carbonyl (C=O) groups is 2. The molecule has 6 N–H and O–H groups in total. The molecule has 1 aromatic rings. The van der Waals surface area contributed by atoms with Crippen LogP contribution in [0.4, 0.5) is 13.2 Å². The maximum atomic E-state index is 14.4. The van der Waals surface area contributed by atoms with Gasteiger partial charge in [-0.2, -0.15) is 18.3 Å². The summed E-state index contributed by atoms with van der Waals surface area (Å²) in [4.78, 5) is 34.1. The van der Waals surface area contributed by atoms with Crippen molar-refractivity contribution < 1.29 is 22.8 Å². The topological polar surface area (TPSA) is 138 Å². The van der Waals surface area contributed by atoms with Gasteiger partial charge in [-0.3, -0.25) is 14.6 Å². The normalized spacial score (nSPS) is 23.3. The highest BCUT2D eigenvalue weighted by Crippen LogP contribution is 2.50. The van der Waals surface area contributed by atoms with Gasteiger partial charge < -0.3 is 16.0 Å². The molecule has 1 spiro atoms. The van der Waals surface area contributed by atoms with E-state index in [9.17, 15) is 22.8 Å². The first-order chi connectivity index (χ1) is 21.2. The van der Waals surface area contributed by atoms with E-state index >= 15 is 0 Å². The van der Waals surface area contributed by atoms with Crippen molar-refractivity contribution in [1.82, 2.24) is 15.8 Å². The molecule has 0 aromatic heterocycles. The van der Waals surface area contributed by atoms with Gasteiger partial charge in [0, 0.05) is 16.7 Å². The highest BCUT2D eigenvalue weighted by molar-refractivity contribution is 6.47. The molecular weight excluding hydrogens is 583 g/mol. The van der Waals surface area contributed by atoms with Crippen LogP contribution in [0.3, 0.4) is 0 Å². The summed E-state index contributed by atoms with van der Waals surface area (Å²) < 4.78 is 40.4. The van der Waals surface area contributed by atoms with E-state index in [0.29, 0.717) is 36.3 Å². The van der Waals surface area contributed by atoms with Crippen LogP contribution in [0.25, 0.3) is 0 Å². The fraction of sp³-hybridized carbons (Fsp3) is 0.515. The molecule has 1 unspecified atom stereocenters. The zero-order valence-electron chi connectivity index (χ0n) is 26.4. The molecule has 4 rings (SSSR count). The van der Waals surface area contributed by atoms with Crippen LogP contribution in [-0.4, -0.2) is 46.6 Å². The summed E-state index contributed by atoms with van der Waals surface area (Å²) in [5.74, 6) is 5.07. The Morgan fingerprint density at radius 1 is 1.18 bits per heavy atom. The van der Waals surface area contributed by atoms with E-state index in [0.717, 1.165) is 30.9 Å². The summed E-state index contributed by atoms with van der Waals surface area (Å²) in [6.07, 6.45) is 5.14. The zero-order chi connectivity index (χ0) is 33.0. The summed E-state index contributed by atoms with van der Waals surface area (Å²) in [6.45, 7) is 8.73. The standard InChI is InChI=1S/C33H44F3N7O2/c1-5-7-26(21-10-12-23(13-11-21)29(44)39-20-27(37)41-42-38)43-30(45)28(22-8-6-9-25(15-14-22)33(34,35)36)40-32(43)18-16-24(17-19-32)31(2,3)4/h6,8-14,24,26,42H,5,7,15-20,38H2,1-4H3,(H2,37,41)(H,39,44). The van der Waals surface area contributed by atoms with Gasteiger partial charge in [0.15, 0.2) is 0 Å². The summed E-state index contributed by atoms with van der Waals surface area (Å²) in [6, 6.07) is 6.75. The van der Waals surface area contributed by atoms with Gasteiger partial charge in [0.05, 0.1) is 12.6 Å². The predicted octanol–water partition coefficient (Wildman–Crippen LogP) is 5.58. The number of hydrazone groups is 1. The second kappa shape index (κ2) is 13.6. The lowest BCUT2D eigenvalue weighted by Gasteiger charge is -2.47. The van der Waals surface area contributed by atoms with Crippen molar-refractivity contribution in [2.45, 2.75) is 90.5 Å². The van der Waals surface area contributed by atoms with Crippen molar-refractivity contribution in [3.8, 4) is 0 Å². The van der Waals surface area contributed by atoms with Crippen LogP contribution in [0.2, 0.25) is 0 Å². The number of nitrogens with zero attached hydrogens (tertiary/aromatic N) is 3. The van der Waals surface area contributed by atoms with Gasteiger partial charge in [-0.1, -0.05) is 70.6 Å². The van der Waals surface area contributed by atoms with Gasteiger partial charge in [-0.05, 0) is 67.6 Å². The molecule has 2 amide bonds. The lowest BCUT2D eigenvalue weighted by Crippen LogP contribution is -2.51. The van der Waals surface area contributed by atoms with Crippen molar-refractivity contribution in [3.05, 3.63) is 70.8 Å². The van der Waals surface area contributed by atoms with Crippen molar-refractivity contribution >= 4 is 23.4 Å². The summed E-state index contributed by atoms with van der Waals surface area (Å²) in [5, 5.41) is 6.30. The maximum absolute atomic E-state index is 14.4. The van der Waals surface area contributed by atoms with Crippen LogP contribution in [-0.2, 0) is 4.79 Å². The molecule has 2 aliphatic carbocycles. The second-order valence-corrected chi connectivity index (χ2v) is 13.0. The van der Waals surface area contributed by atoms with Crippen LogP contribution in [0.5, 0.6) is 0 Å². The Morgan fingerprint density at radius 3 is 2.42 bits per heavy atom. The lowest BCUT2D eigenvalue weighted by atomic mass is 9.69. The van der Waals surface area contributed by atoms with E-state index < -0.39 is 17.4 Å². The first-order valence-electron chi connectivity index (χ1n) is 15.4. The average molecular weight is 628 g/mol. The highest BCUT2D eigenvalue weighted by Gasteiger charge is 2.52. The van der Waals surface area contributed by atoms with Crippen molar-refractivity contribution in [3.63, 3.8) is 0 Å². The zero-order valence-corrected chi connectivity index (χ0v) is 26.4. The smallest absolute Gasteiger partial charge is 0.384 e. The molecular formula is C33H44F3N7O2. The number of hydrogen-bond donors (Lipinski definition) is 4. The minimum absolute atomic E-state index is 0.00794. The third kappa shape index (κ3) is 7.66. The molecule has 244 valence electrons. The number of amidine groups is 1. The molecule has 12 heteroatoms. The quantitative estimate of drug-likeness (QED) is 0.123. The molecule has 1 aromatic carbocycles. The van der Waals surface area contributed by atoms with E-state index in [4.69, 9.17) is 16.6 Å². The van der Waals surface area contributed by atoms with Crippen molar-refractivity contribution in [1.29, 1.82) is 0 Å². The molecule has 1 atom stereocenters. The number of carbonyl (C=O) groups excluding carboxylic acids is 2. The Kier molecular flexibility index (Phi) is 10.3. The van der Waals surface area contributed by atoms with Gasteiger partial charge in [-0.25, -0.2) is 11.4 Å². The Balaban J connectivity index is 1.67. The third-order valence-corrected chi connectivity index (χ3v) is 9.02. The monoisotopic (exact) mass is 627 g/mol. The molecule has 1 saturated carbocycles. The molecule has 1 aliphatic heterocycles. The number of alkyl halides is 3. The molecule has 0 radical (unpaired) electrons. The maximum Gasteiger partial charge on any atom is 0.412 e. The Labute approximate surface area is 262 Å². The van der Waals surface area contributed by atoms with Crippen LogP contribution in [0.15, 0.2) is 69.8 Å². The summed E-state index contributed by atoms with van der Waals surface area (Å²) in [5.41, 5.74) is 8.26. The SMILES string of the molecule is CCCC(c1ccc(C(=O)NC/C(N)=N/NN)cc1)N1C(=O)C(C2=CCC(C(F)(F)F)=CC=C2)=NC12CCC(C(C)(C)C)CC2. The number of nitrogens with one attached hydrogen (secondary N) is 2. The summed E-state index contributed by atoms with van der Waals surface area (Å²) in [7, 11) is 0. The van der Waals surface area contributed by atoms with E-state index in [1.165, 1.54) is 12.2 Å². The van der Waals surface area contributed by atoms with E-state index in [-0.39, 0.29) is 47.8 Å². The van der Waals surface area contributed by atoms with Gasteiger partial charge in [0.25, 0.3) is 11.8 Å². The molecule has 0 saturated heterocycles. The van der Waals surface area contributed by atoms with E-state index in [1.54, 1.807) is 18.2 Å².